The smallest absolute Gasteiger partial charge is 0.279 e. The van der Waals surface area contributed by atoms with Gasteiger partial charge in [-0.15, -0.1) is 0 Å². The van der Waals surface area contributed by atoms with E-state index < -0.39 is 10.2 Å². The van der Waals surface area contributed by atoms with Gasteiger partial charge in [0.25, 0.3) is 10.2 Å². The molecule has 1 aliphatic heterocycles. The molecule has 0 spiro atoms. The summed E-state index contributed by atoms with van der Waals surface area (Å²) in [6.45, 7) is 2.15. The van der Waals surface area contributed by atoms with Gasteiger partial charge in [-0.2, -0.15) is 12.7 Å². The molecule has 0 aromatic carbocycles. The molecule has 1 saturated heterocycles. The number of nitrogens with one attached hydrogen (secondary N) is 2. The minimum Gasteiger partial charge on any atom is -0.319 e. The van der Waals surface area contributed by atoms with Gasteiger partial charge in [0.15, 0.2) is 0 Å². The van der Waals surface area contributed by atoms with E-state index in [0.717, 1.165) is 13.0 Å². The van der Waals surface area contributed by atoms with Crippen molar-refractivity contribution in [2.45, 2.75) is 6.42 Å². The molecule has 0 saturated carbocycles. The molecule has 2 N–H and O–H groups in total. The maximum atomic E-state index is 11.3. The first-order valence-electron chi connectivity index (χ1n) is 4.43. The van der Waals surface area contributed by atoms with Crippen LogP contribution in [0.3, 0.4) is 0 Å². The first kappa shape index (κ1) is 10.9. The highest BCUT2D eigenvalue weighted by Crippen LogP contribution is 2.17. The summed E-state index contributed by atoms with van der Waals surface area (Å²) in [5, 5.41) is 3.06. The van der Waals surface area contributed by atoms with Crippen LogP contribution < -0.4 is 10.0 Å². The molecule has 0 bridgehead atoms. The molecule has 6 heteroatoms. The fourth-order valence-corrected chi connectivity index (χ4v) is 2.61. The Morgan fingerprint density at radius 1 is 1.46 bits per heavy atom. The van der Waals surface area contributed by atoms with Crippen LogP contribution in [0.2, 0.25) is 0 Å². The van der Waals surface area contributed by atoms with E-state index >= 15 is 0 Å². The Morgan fingerprint density at radius 3 is 2.69 bits per heavy atom. The second-order valence-corrected chi connectivity index (χ2v) is 5.15. The lowest BCUT2D eigenvalue weighted by Crippen LogP contribution is -2.37. The van der Waals surface area contributed by atoms with Gasteiger partial charge in [-0.05, 0) is 25.9 Å². The van der Waals surface area contributed by atoms with Gasteiger partial charge in [-0.1, -0.05) is 0 Å². The summed E-state index contributed by atoms with van der Waals surface area (Å²) in [6.07, 6.45) is 0.946. The molecule has 1 rings (SSSR count). The van der Waals surface area contributed by atoms with Crippen molar-refractivity contribution >= 4 is 10.2 Å². The summed E-state index contributed by atoms with van der Waals surface area (Å²) in [5.41, 5.74) is 0. The Labute approximate surface area is 79.7 Å². The maximum absolute atomic E-state index is 11.3. The summed E-state index contributed by atoms with van der Waals surface area (Å²) >= 11 is 0. The first-order chi connectivity index (χ1) is 6.10. The maximum Gasteiger partial charge on any atom is 0.279 e. The van der Waals surface area contributed by atoms with Crippen molar-refractivity contribution in [3.05, 3.63) is 0 Å². The SMILES string of the molecule is CNCC1CCN(S(=O)(=O)NC)C1. The highest BCUT2D eigenvalue weighted by atomic mass is 32.2. The van der Waals surface area contributed by atoms with Crippen LogP contribution in [0.15, 0.2) is 0 Å². The van der Waals surface area contributed by atoms with Crippen molar-refractivity contribution in [2.24, 2.45) is 5.92 Å². The van der Waals surface area contributed by atoms with E-state index in [-0.39, 0.29) is 0 Å². The summed E-state index contributed by atoms with van der Waals surface area (Å²) in [7, 11) is 0.136. The normalized spacial score (nSPS) is 25.2. The summed E-state index contributed by atoms with van der Waals surface area (Å²) in [6, 6.07) is 0. The van der Waals surface area contributed by atoms with Crippen LogP contribution in [-0.2, 0) is 10.2 Å². The van der Waals surface area contributed by atoms with Crippen LogP contribution in [0.4, 0.5) is 0 Å². The zero-order valence-electron chi connectivity index (χ0n) is 8.08. The molecular formula is C7H17N3O2S. The Balaban J connectivity index is 2.50. The van der Waals surface area contributed by atoms with Crippen LogP contribution >= 0.6 is 0 Å². The number of nitrogens with zero attached hydrogens (tertiary/aromatic N) is 1. The van der Waals surface area contributed by atoms with Gasteiger partial charge in [0.1, 0.15) is 0 Å². The highest BCUT2D eigenvalue weighted by molar-refractivity contribution is 7.87. The number of rotatable bonds is 4. The molecular weight excluding hydrogens is 190 g/mol. The monoisotopic (exact) mass is 207 g/mol. The molecule has 0 aromatic heterocycles. The van der Waals surface area contributed by atoms with Gasteiger partial charge in [0.2, 0.25) is 0 Å². The summed E-state index contributed by atoms with van der Waals surface area (Å²) < 4.78 is 26.5. The van der Waals surface area contributed by atoms with Crippen molar-refractivity contribution in [1.82, 2.24) is 14.3 Å². The van der Waals surface area contributed by atoms with Crippen molar-refractivity contribution in [3.8, 4) is 0 Å². The lowest BCUT2D eigenvalue weighted by atomic mass is 10.1. The van der Waals surface area contributed by atoms with Crippen molar-refractivity contribution in [2.75, 3.05) is 33.7 Å². The average Bonchev–Trinajstić information content (AvgIpc) is 2.54. The molecule has 0 aromatic rings. The predicted octanol–water partition coefficient (Wildman–Crippen LogP) is -1.01. The van der Waals surface area contributed by atoms with Crippen LogP contribution in [0.1, 0.15) is 6.42 Å². The Morgan fingerprint density at radius 2 is 2.15 bits per heavy atom. The molecule has 13 heavy (non-hydrogen) atoms. The second kappa shape index (κ2) is 4.36. The largest absolute Gasteiger partial charge is 0.319 e. The Bertz CT molecular complexity index is 252. The predicted molar refractivity (Wildman–Crippen MR) is 51.6 cm³/mol. The van der Waals surface area contributed by atoms with Gasteiger partial charge in [-0.25, -0.2) is 4.72 Å². The van der Waals surface area contributed by atoms with E-state index in [1.165, 1.54) is 11.4 Å². The molecule has 1 unspecified atom stereocenters. The molecule has 1 heterocycles. The molecule has 0 aliphatic carbocycles. The lowest BCUT2D eigenvalue weighted by Gasteiger charge is -2.14. The lowest BCUT2D eigenvalue weighted by molar-refractivity contribution is 0.445. The van der Waals surface area contributed by atoms with Crippen LogP contribution in [0.5, 0.6) is 0 Å². The van der Waals surface area contributed by atoms with Crippen molar-refractivity contribution in [1.29, 1.82) is 0 Å². The van der Waals surface area contributed by atoms with E-state index in [9.17, 15) is 8.42 Å². The fraction of sp³-hybridized carbons (Fsp3) is 1.00. The third-order valence-electron chi connectivity index (χ3n) is 2.34. The van der Waals surface area contributed by atoms with Gasteiger partial charge in [0, 0.05) is 20.1 Å². The Hall–Kier alpha value is -0.170. The molecule has 1 fully saturated rings. The first-order valence-corrected chi connectivity index (χ1v) is 5.87. The third-order valence-corrected chi connectivity index (χ3v) is 3.87. The number of hydrogen-bond donors (Lipinski definition) is 2. The van der Waals surface area contributed by atoms with Crippen LogP contribution in [0.25, 0.3) is 0 Å². The number of hydrogen-bond acceptors (Lipinski definition) is 3. The summed E-state index contributed by atoms with van der Waals surface area (Å²) in [5.74, 6) is 0.452. The van der Waals surface area contributed by atoms with Gasteiger partial charge < -0.3 is 5.32 Å². The molecule has 0 amide bonds. The van der Waals surface area contributed by atoms with Crippen LogP contribution in [-0.4, -0.2) is 46.5 Å². The zero-order valence-corrected chi connectivity index (χ0v) is 8.89. The van der Waals surface area contributed by atoms with Crippen molar-refractivity contribution < 1.29 is 8.42 Å². The summed E-state index contributed by atoms with van der Waals surface area (Å²) in [4.78, 5) is 0. The third kappa shape index (κ3) is 2.63. The van der Waals surface area contributed by atoms with Gasteiger partial charge in [0.05, 0.1) is 0 Å². The standard InChI is InChI=1S/C7H17N3O2S/c1-8-5-7-3-4-10(6-7)13(11,12)9-2/h7-9H,3-6H2,1-2H3. The van der Waals surface area contributed by atoms with E-state index in [1.54, 1.807) is 0 Å². The molecule has 0 radical (unpaired) electrons. The van der Waals surface area contributed by atoms with E-state index in [2.05, 4.69) is 10.0 Å². The zero-order chi connectivity index (χ0) is 9.90. The second-order valence-electron chi connectivity index (χ2n) is 3.28. The average molecular weight is 207 g/mol. The quantitative estimate of drug-likeness (QED) is 0.621. The minimum absolute atomic E-state index is 0.452. The topological polar surface area (TPSA) is 61.4 Å². The van der Waals surface area contributed by atoms with E-state index in [0.29, 0.717) is 19.0 Å². The van der Waals surface area contributed by atoms with Crippen LogP contribution in [0, 0.1) is 5.92 Å². The molecule has 1 aliphatic rings. The van der Waals surface area contributed by atoms with Gasteiger partial charge in [-0.3, -0.25) is 0 Å². The van der Waals surface area contributed by atoms with Gasteiger partial charge >= 0.3 is 0 Å². The molecule has 78 valence electrons. The fourth-order valence-electron chi connectivity index (χ4n) is 1.60. The van der Waals surface area contributed by atoms with Crippen molar-refractivity contribution in [3.63, 3.8) is 0 Å². The van der Waals surface area contributed by atoms with E-state index in [1.807, 2.05) is 7.05 Å². The highest BCUT2D eigenvalue weighted by Gasteiger charge is 2.29. The Kier molecular flexibility index (Phi) is 3.66. The molecule has 5 nitrogen and oxygen atoms in total. The minimum atomic E-state index is -3.19. The van der Waals surface area contributed by atoms with E-state index in [4.69, 9.17) is 0 Å². The molecule has 1 atom stereocenters.